The average molecular weight is 385 g/mol. The first-order chi connectivity index (χ1) is 13.6. The number of benzene rings is 1. The number of hydrogen-bond donors (Lipinski definition) is 1. The maximum absolute atomic E-state index is 13.3. The van der Waals surface area contributed by atoms with Crippen LogP contribution in [0.3, 0.4) is 0 Å². The maximum Gasteiger partial charge on any atom is 0.317 e. The number of piperidine rings is 1. The van der Waals surface area contributed by atoms with Crippen molar-refractivity contribution in [2.45, 2.75) is 58.5 Å². The summed E-state index contributed by atoms with van der Waals surface area (Å²) in [6.07, 6.45) is 6.19. The SMILES string of the molecule is CCc1nnc2n1CCC1(CC2)CCN(C(=O)NCc2cccc(F)c2)CC1. The van der Waals surface area contributed by atoms with E-state index in [0.717, 1.165) is 75.4 Å². The van der Waals surface area contributed by atoms with Gasteiger partial charge in [0.1, 0.15) is 17.5 Å². The average Bonchev–Trinajstić information content (AvgIpc) is 3.03. The van der Waals surface area contributed by atoms with Crippen molar-refractivity contribution in [2.75, 3.05) is 13.1 Å². The Kier molecular flexibility index (Phi) is 5.33. The molecular weight excluding hydrogens is 357 g/mol. The largest absolute Gasteiger partial charge is 0.334 e. The zero-order valence-electron chi connectivity index (χ0n) is 16.5. The number of likely N-dealkylation sites (tertiary alicyclic amines) is 1. The summed E-state index contributed by atoms with van der Waals surface area (Å²) in [4.78, 5) is 14.4. The molecule has 150 valence electrons. The Balaban J connectivity index is 1.30. The van der Waals surface area contributed by atoms with Crippen molar-refractivity contribution >= 4 is 6.03 Å². The summed E-state index contributed by atoms with van der Waals surface area (Å²) in [7, 11) is 0. The molecule has 1 aromatic heterocycles. The van der Waals surface area contributed by atoms with Gasteiger partial charge in [0.2, 0.25) is 0 Å². The fourth-order valence-corrected chi connectivity index (χ4v) is 4.55. The van der Waals surface area contributed by atoms with Crippen molar-refractivity contribution in [3.05, 3.63) is 47.3 Å². The topological polar surface area (TPSA) is 63.1 Å². The van der Waals surface area contributed by atoms with E-state index in [0.29, 0.717) is 12.0 Å². The molecule has 3 heterocycles. The molecule has 0 aliphatic carbocycles. The van der Waals surface area contributed by atoms with E-state index in [1.54, 1.807) is 6.07 Å². The van der Waals surface area contributed by atoms with Gasteiger partial charge in [-0.1, -0.05) is 19.1 Å². The van der Waals surface area contributed by atoms with Gasteiger partial charge in [0.05, 0.1) is 0 Å². The summed E-state index contributed by atoms with van der Waals surface area (Å²) in [5.74, 6) is 1.92. The van der Waals surface area contributed by atoms with Crippen LogP contribution in [0, 0.1) is 11.2 Å². The van der Waals surface area contributed by atoms with Crippen molar-refractivity contribution in [1.82, 2.24) is 25.0 Å². The molecule has 7 heteroatoms. The van der Waals surface area contributed by atoms with Gasteiger partial charge in [-0.05, 0) is 48.8 Å². The Labute approximate surface area is 165 Å². The predicted octanol–water partition coefficient (Wildman–Crippen LogP) is 3.31. The normalized spacial score (nSPS) is 18.6. The molecule has 2 aromatic rings. The molecule has 0 radical (unpaired) electrons. The van der Waals surface area contributed by atoms with Crippen LogP contribution in [-0.4, -0.2) is 38.8 Å². The summed E-state index contributed by atoms with van der Waals surface area (Å²) in [5, 5.41) is 11.6. The fourth-order valence-electron chi connectivity index (χ4n) is 4.55. The minimum absolute atomic E-state index is 0.0573. The second kappa shape index (κ2) is 7.89. The van der Waals surface area contributed by atoms with Crippen LogP contribution < -0.4 is 5.32 Å². The number of carbonyl (C=O) groups is 1. The molecule has 6 nitrogen and oxygen atoms in total. The van der Waals surface area contributed by atoms with Crippen LogP contribution in [0.4, 0.5) is 9.18 Å². The van der Waals surface area contributed by atoms with Gasteiger partial charge < -0.3 is 14.8 Å². The van der Waals surface area contributed by atoms with Crippen molar-refractivity contribution in [2.24, 2.45) is 5.41 Å². The number of nitrogens with one attached hydrogen (secondary N) is 1. The lowest BCUT2D eigenvalue weighted by Gasteiger charge is -2.41. The van der Waals surface area contributed by atoms with Crippen LogP contribution in [0.2, 0.25) is 0 Å². The summed E-state index contributed by atoms with van der Waals surface area (Å²) in [6.45, 7) is 5.01. The van der Waals surface area contributed by atoms with Crippen molar-refractivity contribution < 1.29 is 9.18 Å². The minimum atomic E-state index is -0.276. The molecule has 2 aliphatic rings. The molecule has 1 N–H and O–H groups in total. The molecule has 0 bridgehead atoms. The summed E-state index contributed by atoms with van der Waals surface area (Å²) in [6, 6.07) is 6.30. The molecule has 0 atom stereocenters. The summed E-state index contributed by atoms with van der Waals surface area (Å²) >= 11 is 0. The van der Waals surface area contributed by atoms with Crippen LogP contribution in [0.1, 0.15) is 49.8 Å². The predicted molar refractivity (Wildman–Crippen MR) is 104 cm³/mol. The third kappa shape index (κ3) is 3.88. The Morgan fingerprint density at radius 2 is 1.96 bits per heavy atom. The lowest BCUT2D eigenvalue weighted by Crippen LogP contribution is -2.47. The second-order valence-corrected chi connectivity index (χ2v) is 8.06. The van der Waals surface area contributed by atoms with Crippen LogP contribution >= 0.6 is 0 Å². The molecule has 1 fully saturated rings. The number of nitrogens with zero attached hydrogens (tertiary/aromatic N) is 4. The van der Waals surface area contributed by atoms with Crippen LogP contribution in [0.15, 0.2) is 24.3 Å². The van der Waals surface area contributed by atoms with E-state index in [9.17, 15) is 9.18 Å². The molecule has 2 amide bonds. The minimum Gasteiger partial charge on any atom is -0.334 e. The number of carbonyl (C=O) groups excluding carboxylic acids is 1. The van der Waals surface area contributed by atoms with E-state index in [1.165, 1.54) is 12.1 Å². The van der Waals surface area contributed by atoms with Crippen LogP contribution in [-0.2, 0) is 25.9 Å². The van der Waals surface area contributed by atoms with Gasteiger partial charge in [0.25, 0.3) is 0 Å². The van der Waals surface area contributed by atoms with E-state index < -0.39 is 0 Å². The van der Waals surface area contributed by atoms with Crippen molar-refractivity contribution in [3.63, 3.8) is 0 Å². The van der Waals surface area contributed by atoms with Gasteiger partial charge in [-0.15, -0.1) is 10.2 Å². The first-order valence-electron chi connectivity index (χ1n) is 10.3. The maximum atomic E-state index is 13.3. The number of aryl methyl sites for hydroxylation is 2. The highest BCUT2D eigenvalue weighted by Crippen LogP contribution is 2.41. The van der Waals surface area contributed by atoms with Crippen molar-refractivity contribution in [1.29, 1.82) is 0 Å². The molecule has 1 aromatic carbocycles. The van der Waals surface area contributed by atoms with E-state index in [2.05, 4.69) is 27.0 Å². The van der Waals surface area contributed by atoms with E-state index in [4.69, 9.17) is 0 Å². The molecule has 28 heavy (non-hydrogen) atoms. The molecule has 0 unspecified atom stereocenters. The third-order valence-electron chi connectivity index (χ3n) is 6.41. The highest BCUT2D eigenvalue weighted by atomic mass is 19.1. The van der Waals surface area contributed by atoms with E-state index in [1.807, 2.05) is 11.0 Å². The van der Waals surface area contributed by atoms with Crippen LogP contribution in [0.5, 0.6) is 0 Å². The zero-order valence-corrected chi connectivity index (χ0v) is 16.5. The van der Waals surface area contributed by atoms with Gasteiger partial charge in [0.15, 0.2) is 0 Å². The first-order valence-corrected chi connectivity index (χ1v) is 10.3. The number of amides is 2. The third-order valence-corrected chi connectivity index (χ3v) is 6.41. The molecular formula is C21H28FN5O. The zero-order chi connectivity index (χ0) is 19.6. The lowest BCUT2D eigenvalue weighted by atomic mass is 9.73. The van der Waals surface area contributed by atoms with Gasteiger partial charge in [0, 0.05) is 39.0 Å². The smallest absolute Gasteiger partial charge is 0.317 e. The lowest BCUT2D eigenvalue weighted by molar-refractivity contribution is 0.100. The highest BCUT2D eigenvalue weighted by molar-refractivity contribution is 5.74. The standard InChI is InChI=1S/C21H28FN5O/c1-2-18-24-25-19-6-7-21(10-13-27(18)19)8-11-26(12-9-21)20(28)23-15-16-4-3-5-17(22)14-16/h3-5,14H,2,6-13,15H2,1H3,(H,23,28). The first kappa shape index (κ1) is 18.9. The number of aromatic nitrogens is 3. The molecule has 1 spiro atoms. The number of fused-ring (bicyclic) bond motifs is 1. The Hall–Kier alpha value is -2.44. The molecule has 4 rings (SSSR count). The Morgan fingerprint density at radius 1 is 1.18 bits per heavy atom. The van der Waals surface area contributed by atoms with Gasteiger partial charge in [-0.2, -0.15) is 0 Å². The van der Waals surface area contributed by atoms with E-state index >= 15 is 0 Å². The molecule has 2 aliphatic heterocycles. The van der Waals surface area contributed by atoms with E-state index in [-0.39, 0.29) is 11.8 Å². The van der Waals surface area contributed by atoms with Gasteiger partial charge in [-0.3, -0.25) is 0 Å². The Morgan fingerprint density at radius 3 is 2.71 bits per heavy atom. The van der Waals surface area contributed by atoms with Gasteiger partial charge in [-0.25, -0.2) is 9.18 Å². The highest BCUT2D eigenvalue weighted by Gasteiger charge is 2.37. The van der Waals surface area contributed by atoms with Crippen molar-refractivity contribution in [3.8, 4) is 0 Å². The monoisotopic (exact) mass is 385 g/mol. The molecule has 0 saturated carbocycles. The summed E-state index contributed by atoms with van der Waals surface area (Å²) < 4.78 is 15.6. The van der Waals surface area contributed by atoms with Crippen LogP contribution in [0.25, 0.3) is 0 Å². The number of hydrogen-bond acceptors (Lipinski definition) is 3. The molecule has 1 saturated heterocycles. The quantitative estimate of drug-likeness (QED) is 0.882. The fraction of sp³-hybridized carbons (Fsp3) is 0.571. The number of urea groups is 1. The number of halogens is 1. The summed E-state index contributed by atoms with van der Waals surface area (Å²) in [5.41, 5.74) is 1.07. The second-order valence-electron chi connectivity index (χ2n) is 8.06. The van der Waals surface area contributed by atoms with Gasteiger partial charge >= 0.3 is 6.03 Å². The number of rotatable bonds is 3. The Bertz CT molecular complexity index is 841.